The lowest BCUT2D eigenvalue weighted by atomic mass is 10.0. The number of amides is 3. The molecule has 0 bridgehead atoms. The Labute approximate surface area is 209 Å². The maximum atomic E-state index is 13.7. The van der Waals surface area contributed by atoms with E-state index in [0.717, 1.165) is 5.56 Å². The van der Waals surface area contributed by atoms with Crippen molar-refractivity contribution in [3.05, 3.63) is 71.2 Å². The molecule has 0 saturated carbocycles. The van der Waals surface area contributed by atoms with Crippen molar-refractivity contribution in [1.29, 1.82) is 0 Å². The van der Waals surface area contributed by atoms with Crippen LogP contribution in [0.1, 0.15) is 43.9 Å². The fourth-order valence-corrected chi connectivity index (χ4v) is 4.17. The molecular formula is C26H30N4O4S. The Morgan fingerprint density at radius 1 is 1.06 bits per heavy atom. The lowest BCUT2D eigenvalue weighted by Crippen LogP contribution is -2.46. The molecular weight excluding hydrogens is 464 g/mol. The van der Waals surface area contributed by atoms with Crippen LogP contribution in [0.25, 0.3) is 0 Å². The number of carbonyl (C=O) groups excluding carboxylic acids is 3. The second-order valence-corrected chi connectivity index (χ2v) is 9.17. The Morgan fingerprint density at radius 2 is 1.77 bits per heavy atom. The Morgan fingerprint density at radius 3 is 2.37 bits per heavy atom. The highest BCUT2D eigenvalue weighted by atomic mass is 32.1. The number of hydrogen-bond acceptors (Lipinski definition) is 6. The van der Waals surface area contributed by atoms with Gasteiger partial charge in [0, 0.05) is 36.1 Å². The fraction of sp³-hybridized carbons (Fsp3) is 0.308. The molecule has 2 aromatic carbocycles. The van der Waals surface area contributed by atoms with Crippen LogP contribution in [0.5, 0.6) is 5.75 Å². The third-order valence-electron chi connectivity index (χ3n) is 5.26. The van der Waals surface area contributed by atoms with E-state index in [2.05, 4.69) is 15.6 Å². The number of hydrogen-bond donors (Lipinski definition) is 2. The van der Waals surface area contributed by atoms with E-state index in [0.29, 0.717) is 22.1 Å². The van der Waals surface area contributed by atoms with Crippen LogP contribution < -0.4 is 20.3 Å². The number of ether oxygens (including phenoxy) is 1. The predicted octanol–water partition coefficient (Wildman–Crippen LogP) is 4.48. The zero-order valence-corrected chi connectivity index (χ0v) is 21.1. The van der Waals surface area contributed by atoms with Crippen LogP contribution in [0.15, 0.2) is 60.1 Å². The standard InChI is InChI=1S/C26H30N4O4S/c1-17(2)28-25(33)24(19-9-11-20(34-4)12-10-19)30(21-8-6-5-7-18(21)3)23(32)14-13-22(31)29-26-27-15-16-35-26/h5-12,15-17,24H,13-14H2,1-4H3,(H,28,33)(H,27,29,31)/t24-/m1/s1. The van der Waals surface area contributed by atoms with Gasteiger partial charge >= 0.3 is 0 Å². The molecule has 1 aromatic heterocycles. The number of nitrogens with one attached hydrogen (secondary N) is 2. The van der Waals surface area contributed by atoms with Crippen LogP contribution in [0, 0.1) is 6.92 Å². The summed E-state index contributed by atoms with van der Waals surface area (Å²) in [7, 11) is 1.57. The average molecular weight is 495 g/mol. The topological polar surface area (TPSA) is 101 Å². The molecule has 0 fully saturated rings. The molecule has 0 unspecified atom stereocenters. The van der Waals surface area contributed by atoms with Crippen LogP contribution in [0.4, 0.5) is 10.8 Å². The molecule has 3 rings (SSSR count). The van der Waals surface area contributed by atoms with Crippen molar-refractivity contribution in [2.75, 3.05) is 17.3 Å². The number of rotatable bonds is 10. The van der Waals surface area contributed by atoms with Gasteiger partial charge in [0.05, 0.1) is 7.11 Å². The zero-order chi connectivity index (χ0) is 25.4. The summed E-state index contributed by atoms with van der Waals surface area (Å²) >= 11 is 1.30. The van der Waals surface area contributed by atoms with Gasteiger partial charge in [-0.15, -0.1) is 11.3 Å². The van der Waals surface area contributed by atoms with Crippen molar-refractivity contribution in [1.82, 2.24) is 10.3 Å². The summed E-state index contributed by atoms with van der Waals surface area (Å²) in [6.07, 6.45) is 1.48. The summed E-state index contributed by atoms with van der Waals surface area (Å²) < 4.78 is 5.26. The molecule has 3 aromatic rings. The maximum absolute atomic E-state index is 13.7. The van der Waals surface area contributed by atoms with Crippen LogP contribution in [0.3, 0.4) is 0 Å². The SMILES string of the molecule is COc1ccc([C@H](C(=O)NC(C)C)N(C(=O)CCC(=O)Nc2nccs2)c2ccccc2C)cc1. The highest BCUT2D eigenvalue weighted by molar-refractivity contribution is 7.13. The van der Waals surface area contributed by atoms with E-state index in [9.17, 15) is 14.4 Å². The van der Waals surface area contributed by atoms with E-state index in [1.807, 2.05) is 45.0 Å². The summed E-state index contributed by atoms with van der Waals surface area (Å²) in [6, 6.07) is 13.4. The third-order valence-corrected chi connectivity index (χ3v) is 5.95. The number of methoxy groups -OCH3 is 1. The van der Waals surface area contributed by atoms with E-state index >= 15 is 0 Å². The molecule has 0 spiro atoms. The van der Waals surface area contributed by atoms with Gasteiger partial charge in [-0.25, -0.2) is 4.98 Å². The van der Waals surface area contributed by atoms with Crippen molar-refractivity contribution >= 4 is 39.9 Å². The Hall–Kier alpha value is -3.72. The van der Waals surface area contributed by atoms with Gasteiger partial charge in [-0.2, -0.15) is 0 Å². The van der Waals surface area contributed by atoms with E-state index in [1.54, 1.807) is 43.0 Å². The van der Waals surface area contributed by atoms with Gasteiger partial charge in [-0.1, -0.05) is 30.3 Å². The molecule has 8 nitrogen and oxygen atoms in total. The van der Waals surface area contributed by atoms with Gasteiger partial charge in [0.2, 0.25) is 17.7 Å². The highest BCUT2D eigenvalue weighted by Crippen LogP contribution is 2.32. The lowest BCUT2D eigenvalue weighted by Gasteiger charge is -2.33. The zero-order valence-electron chi connectivity index (χ0n) is 20.3. The molecule has 3 amide bonds. The van der Waals surface area contributed by atoms with Gasteiger partial charge in [0.25, 0.3) is 0 Å². The predicted molar refractivity (Wildman–Crippen MR) is 138 cm³/mol. The number of thiazole rings is 1. The molecule has 0 radical (unpaired) electrons. The summed E-state index contributed by atoms with van der Waals surface area (Å²) in [6.45, 7) is 5.62. The van der Waals surface area contributed by atoms with E-state index in [-0.39, 0.29) is 36.6 Å². The van der Waals surface area contributed by atoms with Gasteiger partial charge in [-0.3, -0.25) is 19.3 Å². The summed E-state index contributed by atoms with van der Waals surface area (Å²) in [4.78, 5) is 45.1. The fourth-order valence-electron chi connectivity index (χ4n) is 3.63. The molecule has 1 heterocycles. The molecule has 1 atom stereocenters. The van der Waals surface area contributed by atoms with Crippen LogP contribution in [-0.4, -0.2) is 35.9 Å². The maximum Gasteiger partial charge on any atom is 0.248 e. The van der Waals surface area contributed by atoms with Crippen molar-refractivity contribution in [3.8, 4) is 5.75 Å². The third kappa shape index (κ3) is 6.89. The first-order valence-corrected chi connectivity index (χ1v) is 12.2. The quantitative estimate of drug-likeness (QED) is 0.433. The molecule has 184 valence electrons. The number of aryl methyl sites for hydroxylation is 1. The second-order valence-electron chi connectivity index (χ2n) is 8.27. The Balaban J connectivity index is 1.96. The lowest BCUT2D eigenvalue weighted by molar-refractivity contribution is -0.127. The summed E-state index contributed by atoms with van der Waals surface area (Å²) in [5.41, 5.74) is 2.08. The molecule has 0 aliphatic rings. The largest absolute Gasteiger partial charge is 0.497 e. The minimum atomic E-state index is -0.932. The Bertz CT molecular complexity index is 1150. The van der Waals surface area contributed by atoms with Gasteiger partial charge < -0.3 is 15.4 Å². The normalized spacial score (nSPS) is 11.6. The summed E-state index contributed by atoms with van der Waals surface area (Å²) in [5, 5.41) is 7.87. The molecule has 35 heavy (non-hydrogen) atoms. The Kier molecular flexibility index (Phi) is 8.97. The first-order chi connectivity index (χ1) is 16.8. The average Bonchev–Trinajstić information content (AvgIpc) is 3.34. The number of nitrogens with zero attached hydrogens (tertiary/aromatic N) is 2. The first kappa shape index (κ1) is 25.9. The number of anilines is 2. The van der Waals surface area contributed by atoms with Crippen molar-refractivity contribution in [2.45, 2.75) is 45.7 Å². The van der Waals surface area contributed by atoms with Crippen LogP contribution in [-0.2, 0) is 14.4 Å². The van der Waals surface area contributed by atoms with E-state index in [1.165, 1.54) is 16.2 Å². The molecule has 0 aliphatic heterocycles. The van der Waals surface area contributed by atoms with E-state index < -0.39 is 6.04 Å². The minimum absolute atomic E-state index is 0.0398. The first-order valence-electron chi connectivity index (χ1n) is 11.3. The van der Waals surface area contributed by atoms with Gasteiger partial charge in [0.15, 0.2) is 5.13 Å². The van der Waals surface area contributed by atoms with Gasteiger partial charge in [-0.05, 0) is 50.1 Å². The van der Waals surface area contributed by atoms with Crippen molar-refractivity contribution < 1.29 is 19.1 Å². The molecule has 2 N–H and O–H groups in total. The minimum Gasteiger partial charge on any atom is -0.497 e. The second kappa shape index (κ2) is 12.1. The number of aromatic nitrogens is 1. The molecule has 0 aliphatic carbocycles. The highest BCUT2D eigenvalue weighted by Gasteiger charge is 2.33. The van der Waals surface area contributed by atoms with Crippen molar-refractivity contribution in [2.24, 2.45) is 0 Å². The van der Waals surface area contributed by atoms with Crippen LogP contribution >= 0.6 is 11.3 Å². The van der Waals surface area contributed by atoms with Gasteiger partial charge in [0.1, 0.15) is 11.8 Å². The monoisotopic (exact) mass is 494 g/mol. The van der Waals surface area contributed by atoms with E-state index in [4.69, 9.17) is 4.74 Å². The number of carbonyl (C=O) groups is 3. The smallest absolute Gasteiger partial charge is 0.248 e. The van der Waals surface area contributed by atoms with Crippen LogP contribution in [0.2, 0.25) is 0 Å². The number of benzene rings is 2. The molecule has 9 heteroatoms. The molecule has 0 saturated heterocycles. The number of para-hydroxylation sites is 1. The summed E-state index contributed by atoms with van der Waals surface area (Å²) in [5.74, 6) is -0.322. The van der Waals surface area contributed by atoms with Crippen molar-refractivity contribution in [3.63, 3.8) is 0 Å².